The zero-order valence-corrected chi connectivity index (χ0v) is 13.0. The van der Waals surface area contributed by atoms with Crippen molar-refractivity contribution in [3.05, 3.63) is 53.1 Å². The van der Waals surface area contributed by atoms with Crippen molar-refractivity contribution in [2.75, 3.05) is 16.0 Å². The quantitative estimate of drug-likeness (QED) is 0.792. The van der Waals surface area contributed by atoms with E-state index in [1.807, 2.05) is 13.0 Å². The molecule has 6 heteroatoms. The van der Waals surface area contributed by atoms with Crippen LogP contribution in [0, 0.1) is 6.92 Å². The summed E-state index contributed by atoms with van der Waals surface area (Å²) in [6.07, 6.45) is 0. The standard InChI is InChI=1S/C16H16ClN3O2/c1-10-6-7-14(9-15(10)18-11(2)21)20-16(22)19-13-5-3-4-12(17)8-13/h3-9H,1-2H3,(H,18,21)(H2,19,20,22). The highest BCUT2D eigenvalue weighted by molar-refractivity contribution is 6.30. The SMILES string of the molecule is CC(=O)Nc1cc(NC(=O)Nc2cccc(Cl)c2)ccc1C. The van der Waals surface area contributed by atoms with E-state index in [0.29, 0.717) is 22.1 Å². The monoisotopic (exact) mass is 317 g/mol. The number of anilines is 3. The summed E-state index contributed by atoms with van der Waals surface area (Å²) in [6.45, 7) is 3.31. The molecule has 22 heavy (non-hydrogen) atoms. The maximum Gasteiger partial charge on any atom is 0.323 e. The molecule has 0 saturated heterocycles. The van der Waals surface area contributed by atoms with Crippen molar-refractivity contribution in [3.63, 3.8) is 0 Å². The van der Waals surface area contributed by atoms with Crippen molar-refractivity contribution in [3.8, 4) is 0 Å². The van der Waals surface area contributed by atoms with Crippen LogP contribution in [0.2, 0.25) is 5.02 Å². The smallest absolute Gasteiger partial charge is 0.323 e. The second-order valence-corrected chi connectivity index (χ2v) is 5.24. The molecule has 0 aliphatic heterocycles. The molecule has 3 N–H and O–H groups in total. The van der Waals surface area contributed by atoms with Crippen LogP contribution < -0.4 is 16.0 Å². The maximum absolute atomic E-state index is 12.0. The van der Waals surface area contributed by atoms with Gasteiger partial charge in [-0.05, 0) is 42.8 Å². The largest absolute Gasteiger partial charge is 0.326 e. The fraction of sp³-hybridized carbons (Fsp3) is 0.125. The molecule has 3 amide bonds. The third-order valence-electron chi connectivity index (χ3n) is 2.89. The van der Waals surface area contributed by atoms with Gasteiger partial charge in [0.1, 0.15) is 0 Å². The van der Waals surface area contributed by atoms with Crippen molar-refractivity contribution in [2.24, 2.45) is 0 Å². The first-order valence-corrected chi connectivity index (χ1v) is 7.03. The molecule has 0 saturated carbocycles. The third kappa shape index (κ3) is 4.49. The Morgan fingerprint density at radius 2 is 1.64 bits per heavy atom. The number of nitrogens with one attached hydrogen (secondary N) is 3. The molecule has 0 aromatic heterocycles. The van der Waals surface area contributed by atoms with E-state index in [1.165, 1.54) is 6.92 Å². The van der Waals surface area contributed by atoms with E-state index in [0.717, 1.165) is 5.56 Å². The second-order valence-electron chi connectivity index (χ2n) is 4.80. The van der Waals surface area contributed by atoms with Crippen LogP contribution in [0.1, 0.15) is 12.5 Å². The fourth-order valence-electron chi connectivity index (χ4n) is 1.88. The normalized spacial score (nSPS) is 9.95. The van der Waals surface area contributed by atoms with Gasteiger partial charge < -0.3 is 16.0 Å². The Labute approximate surface area is 133 Å². The minimum atomic E-state index is -0.389. The minimum Gasteiger partial charge on any atom is -0.326 e. The Bertz CT molecular complexity index is 716. The lowest BCUT2D eigenvalue weighted by Crippen LogP contribution is -2.19. The van der Waals surface area contributed by atoms with Gasteiger partial charge in [0.25, 0.3) is 0 Å². The Balaban J connectivity index is 2.06. The van der Waals surface area contributed by atoms with Gasteiger partial charge in [-0.15, -0.1) is 0 Å². The highest BCUT2D eigenvalue weighted by atomic mass is 35.5. The Kier molecular flexibility index (Phi) is 5.01. The fourth-order valence-corrected chi connectivity index (χ4v) is 2.07. The molecule has 0 spiro atoms. The number of carbonyl (C=O) groups is 2. The van der Waals surface area contributed by atoms with Gasteiger partial charge in [-0.25, -0.2) is 4.79 Å². The molecule has 5 nitrogen and oxygen atoms in total. The predicted molar refractivity (Wildman–Crippen MR) is 89.6 cm³/mol. The molecule has 2 aromatic rings. The van der Waals surface area contributed by atoms with Crippen LogP contribution in [-0.4, -0.2) is 11.9 Å². The average molecular weight is 318 g/mol. The lowest BCUT2D eigenvalue weighted by molar-refractivity contribution is -0.114. The van der Waals surface area contributed by atoms with E-state index in [2.05, 4.69) is 16.0 Å². The first-order valence-electron chi connectivity index (χ1n) is 6.66. The number of halogens is 1. The zero-order chi connectivity index (χ0) is 16.1. The lowest BCUT2D eigenvalue weighted by atomic mass is 10.2. The second kappa shape index (κ2) is 6.95. The van der Waals surface area contributed by atoms with E-state index in [9.17, 15) is 9.59 Å². The summed E-state index contributed by atoms with van der Waals surface area (Å²) in [4.78, 5) is 23.1. The summed E-state index contributed by atoms with van der Waals surface area (Å²) in [7, 11) is 0. The van der Waals surface area contributed by atoms with Crippen LogP contribution in [0.15, 0.2) is 42.5 Å². The third-order valence-corrected chi connectivity index (χ3v) is 3.12. The van der Waals surface area contributed by atoms with E-state index < -0.39 is 0 Å². The van der Waals surface area contributed by atoms with E-state index in [-0.39, 0.29) is 11.9 Å². The van der Waals surface area contributed by atoms with Crippen molar-refractivity contribution in [1.29, 1.82) is 0 Å². The van der Waals surface area contributed by atoms with Crippen LogP contribution in [0.25, 0.3) is 0 Å². The molecule has 0 unspecified atom stereocenters. The summed E-state index contributed by atoms with van der Waals surface area (Å²) >= 11 is 5.86. The number of aryl methyl sites for hydroxylation is 1. The molecule has 0 bridgehead atoms. The van der Waals surface area contributed by atoms with Gasteiger partial charge in [0, 0.05) is 29.0 Å². The molecule has 114 valence electrons. The van der Waals surface area contributed by atoms with Crippen molar-refractivity contribution in [1.82, 2.24) is 0 Å². The maximum atomic E-state index is 12.0. The van der Waals surface area contributed by atoms with E-state index >= 15 is 0 Å². The topological polar surface area (TPSA) is 70.2 Å². The highest BCUT2D eigenvalue weighted by Crippen LogP contribution is 2.21. The molecule has 0 heterocycles. The van der Waals surface area contributed by atoms with E-state index in [1.54, 1.807) is 36.4 Å². The van der Waals surface area contributed by atoms with Gasteiger partial charge in [-0.3, -0.25) is 4.79 Å². The van der Waals surface area contributed by atoms with Crippen LogP contribution in [0.5, 0.6) is 0 Å². The molecule has 2 aromatic carbocycles. The van der Waals surface area contributed by atoms with Gasteiger partial charge in [0.15, 0.2) is 0 Å². The van der Waals surface area contributed by atoms with Crippen molar-refractivity contribution < 1.29 is 9.59 Å². The van der Waals surface area contributed by atoms with Gasteiger partial charge >= 0.3 is 6.03 Å². The van der Waals surface area contributed by atoms with Crippen molar-refractivity contribution >= 4 is 40.6 Å². The molecule has 0 fully saturated rings. The molecule has 0 aliphatic carbocycles. The molecular weight excluding hydrogens is 302 g/mol. The Hall–Kier alpha value is -2.53. The molecule has 2 rings (SSSR count). The average Bonchev–Trinajstić information content (AvgIpc) is 2.42. The first-order chi connectivity index (χ1) is 10.4. The highest BCUT2D eigenvalue weighted by Gasteiger charge is 2.06. The first kappa shape index (κ1) is 15.9. The summed E-state index contributed by atoms with van der Waals surface area (Å²) in [5, 5.41) is 8.65. The Morgan fingerprint density at radius 1 is 0.955 bits per heavy atom. The van der Waals surface area contributed by atoms with Crippen LogP contribution in [0.4, 0.5) is 21.9 Å². The van der Waals surface area contributed by atoms with E-state index in [4.69, 9.17) is 11.6 Å². The number of amides is 3. The number of urea groups is 1. The van der Waals surface area contributed by atoms with Gasteiger partial charge in [0.05, 0.1) is 0 Å². The summed E-state index contributed by atoms with van der Waals surface area (Å²) < 4.78 is 0. The minimum absolute atomic E-state index is 0.163. The molecule has 0 atom stereocenters. The molecule has 0 aliphatic rings. The van der Waals surface area contributed by atoms with Crippen molar-refractivity contribution in [2.45, 2.75) is 13.8 Å². The number of rotatable bonds is 3. The lowest BCUT2D eigenvalue weighted by Gasteiger charge is -2.11. The molecular formula is C16H16ClN3O2. The number of hydrogen-bond donors (Lipinski definition) is 3. The van der Waals surface area contributed by atoms with Crippen LogP contribution in [-0.2, 0) is 4.79 Å². The zero-order valence-electron chi connectivity index (χ0n) is 12.2. The number of benzene rings is 2. The summed E-state index contributed by atoms with van der Waals surface area (Å²) in [6, 6.07) is 11.8. The summed E-state index contributed by atoms with van der Waals surface area (Å²) in [5.74, 6) is -0.163. The van der Waals surface area contributed by atoms with Gasteiger partial charge in [0.2, 0.25) is 5.91 Å². The number of carbonyl (C=O) groups excluding carboxylic acids is 2. The summed E-state index contributed by atoms with van der Waals surface area (Å²) in [5.41, 5.74) is 2.75. The number of hydrogen-bond acceptors (Lipinski definition) is 2. The van der Waals surface area contributed by atoms with Gasteiger partial charge in [-0.1, -0.05) is 23.7 Å². The molecule has 0 radical (unpaired) electrons. The Morgan fingerprint density at radius 3 is 2.27 bits per heavy atom. The predicted octanol–water partition coefficient (Wildman–Crippen LogP) is 4.25. The van der Waals surface area contributed by atoms with Crippen LogP contribution in [0.3, 0.4) is 0 Å². The van der Waals surface area contributed by atoms with Gasteiger partial charge in [-0.2, -0.15) is 0 Å². The van der Waals surface area contributed by atoms with Crippen LogP contribution >= 0.6 is 11.6 Å².